The van der Waals surface area contributed by atoms with Crippen molar-refractivity contribution in [3.05, 3.63) is 118 Å². The van der Waals surface area contributed by atoms with E-state index in [9.17, 15) is 4.79 Å². The summed E-state index contributed by atoms with van der Waals surface area (Å²) in [5.41, 5.74) is 3.75. The maximum Gasteiger partial charge on any atom is 0.253 e. The van der Waals surface area contributed by atoms with Gasteiger partial charge in [0, 0.05) is 48.4 Å². The highest BCUT2D eigenvalue weighted by Gasteiger charge is 2.28. The molecule has 3 heterocycles. The fourth-order valence-corrected chi connectivity index (χ4v) is 4.68. The molecule has 0 saturated carbocycles. The maximum atomic E-state index is 13.3. The van der Waals surface area contributed by atoms with Gasteiger partial charge in [0.25, 0.3) is 5.91 Å². The number of nitrogens with zero attached hydrogens (tertiary/aromatic N) is 3. The van der Waals surface area contributed by atoms with E-state index in [0.717, 1.165) is 41.4 Å². The summed E-state index contributed by atoms with van der Waals surface area (Å²) in [6.45, 7) is 1.33. The molecule has 0 spiro atoms. The first-order chi connectivity index (χ1) is 16.7. The molecule has 1 aliphatic heterocycles. The minimum absolute atomic E-state index is 0.0317. The van der Waals surface area contributed by atoms with Crippen molar-refractivity contribution in [3.63, 3.8) is 0 Å². The molecule has 1 saturated heterocycles. The van der Waals surface area contributed by atoms with Gasteiger partial charge in [0.2, 0.25) is 0 Å². The summed E-state index contributed by atoms with van der Waals surface area (Å²) >= 11 is 6.29. The molecular weight excluding hydrogens is 446 g/mol. The van der Waals surface area contributed by atoms with E-state index in [-0.39, 0.29) is 11.8 Å². The van der Waals surface area contributed by atoms with Gasteiger partial charge in [-0.1, -0.05) is 60.1 Å². The minimum atomic E-state index is 0.0317. The normalized spacial score (nSPS) is 15.9. The van der Waals surface area contributed by atoms with E-state index in [2.05, 4.69) is 22.1 Å². The van der Waals surface area contributed by atoms with Crippen LogP contribution in [0.2, 0.25) is 5.02 Å². The third kappa shape index (κ3) is 5.20. The van der Waals surface area contributed by atoms with Gasteiger partial charge in [-0.05, 0) is 42.2 Å². The molecule has 0 radical (unpaired) electrons. The van der Waals surface area contributed by atoms with Crippen LogP contribution in [0.3, 0.4) is 0 Å². The van der Waals surface area contributed by atoms with Crippen LogP contribution in [-0.4, -0.2) is 33.9 Å². The lowest BCUT2D eigenvalue weighted by Gasteiger charge is -2.31. The summed E-state index contributed by atoms with van der Waals surface area (Å²) in [7, 11) is 0. The summed E-state index contributed by atoms with van der Waals surface area (Å²) < 4.78 is 6.08. The fourth-order valence-electron chi connectivity index (χ4n) is 4.48. The predicted molar refractivity (Wildman–Crippen MR) is 132 cm³/mol. The largest absolute Gasteiger partial charge is 0.445 e. The number of halogens is 1. The van der Waals surface area contributed by atoms with Crippen molar-refractivity contribution in [2.75, 3.05) is 13.1 Å². The van der Waals surface area contributed by atoms with Crippen LogP contribution in [-0.2, 0) is 12.8 Å². The van der Waals surface area contributed by atoms with Gasteiger partial charge in [-0.3, -0.25) is 9.78 Å². The van der Waals surface area contributed by atoms with Gasteiger partial charge < -0.3 is 9.32 Å². The fraction of sp³-hybridized carbons (Fsp3) is 0.250. The number of hydrogen-bond donors (Lipinski definition) is 0. The quantitative estimate of drug-likeness (QED) is 0.350. The van der Waals surface area contributed by atoms with Crippen LogP contribution >= 0.6 is 11.6 Å². The molecule has 1 atom stereocenters. The number of oxazole rings is 1. The Bertz CT molecular complexity index is 1270. The lowest BCUT2D eigenvalue weighted by Crippen LogP contribution is -2.39. The first-order valence-electron chi connectivity index (χ1n) is 11.6. The third-order valence-electron chi connectivity index (χ3n) is 6.24. The minimum Gasteiger partial charge on any atom is -0.445 e. The second kappa shape index (κ2) is 10.2. The Balaban J connectivity index is 1.26. The van der Waals surface area contributed by atoms with Gasteiger partial charge in [-0.15, -0.1) is 0 Å². The van der Waals surface area contributed by atoms with Gasteiger partial charge in [0.05, 0.1) is 12.1 Å². The van der Waals surface area contributed by atoms with Crippen molar-refractivity contribution in [2.24, 2.45) is 0 Å². The molecular formula is C28H26ClN3O2. The molecule has 34 heavy (non-hydrogen) atoms. The molecule has 1 amide bonds. The number of hydrogen-bond acceptors (Lipinski definition) is 4. The van der Waals surface area contributed by atoms with Crippen molar-refractivity contribution in [3.8, 4) is 0 Å². The van der Waals surface area contributed by atoms with Crippen molar-refractivity contribution in [1.29, 1.82) is 0 Å². The summed E-state index contributed by atoms with van der Waals surface area (Å²) in [5, 5.41) is 0.721. The Labute approximate surface area is 204 Å². The van der Waals surface area contributed by atoms with Crippen molar-refractivity contribution in [1.82, 2.24) is 14.9 Å². The van der Waals surface area contributed by atoms with Crippen LogP contribution in [0.5, 0.6) is 0 Å². The molecule has 1 fully saturated rings. The number of pyridine rings is 1. The van der Waals surface area contributed by atoms with E-state index in [1.165, 1.54) is 5.56 Å². The molecule has 5 nitrogen and oxygen atoms in total. The lowest BCUT2D eigenvalue weighted by molar-refractivity contribution is 0.0697. The number of piperidine rings is 1. The van der Waals surface area contributed by atoms with Crippen LogP contribution in [0.1, 0.15) is 57.6 Å². The summed E-state index contributed by atoms with van der Waals surface area (Å²) in [4.78, 5) is 24.2. The van der Waals surface area contributed by atoms with Gasteiger partial charge in [-0.2, -0.15) is 0 Å². The highest BCUT2D eigenvalue weighted by atomic mass is 35.5. The Kier molecular flexibility index (Phi) is 6.72. The molecule has 0 bridgehead atoms. The van der Waals surface area contributed by atoms with Gasteiger partial charge in [0.15, 0.2) is 5.89 Å². The molecule has 172 valence electrons. The highest BCUT2D eigenvalue weighted by molar-refractivity contribution is 6.31. The summed E-state index contributed by atoms with van der Waals surface area (Å²) in [5.74, 6) is 1.60. The standard InChI is InChI=1S/C28H26ClN3O2/c29-26-11-5-4-9-21(26)17-25-18-31-27(34-25)23-10-6-14-32(19-23)28(33)22-12-13-30-24(16-22)15-20-7-2-1-3-8-20/h1-5,7-9,11-13,16,18,23H,6,10,14-15,17,19H2/t23-/m1/s1. The molecule has 6 heteroatoms. The van der Waals surface area contributed by atoms with E-state index < -0.39 is 0 Å². The van der Waals surface area contributed by atoms with Gasteiger partial charge in [-0.25, -0.2) is 4.98 Å². The number of carbonyl (C=O) groups excluding carboxylic acids is 1. The third-order valence-corrected chi connectivity index (χ3v) is 6.61. The molecule has 4 aromatic rings. The number of benzene rings is 2. The predicted octanol–water partition coefficient (Wildman–Crippen LogP) is 5.92. The molecule has 0 aliphatic carbocycles. The molecule has 2 aromatic heterocycles. The van der Waals surface area contributed by atoms with Crippen molar-refractivity contribution >= 4 is 17.5 Å². The molecule has 0 unspecified atom stereocenters. The van der Waals surface area contributed by atoms with Crippen molar-refractivity contribution < 1.29 is 9.21 Å². The van der Waals surface area contributed by atoms with E-state index >= 15 is 0 Å². The first-order valence-corrected chi connectivity index (χ1v) is 12.0. The Morgan fingerprint density at radius 1 is 1.03 bits per heavy atom. The Morgan fingerprint density at radius 3 is 2.71 bits per heavy atom. The number of likely N-dealkylation sites (tertiary alicyclic amines) is 1. The zero-order valence-electron chi connectivity index (χ0n) is 18.9. The zero-order chi connectivity index (χ0) is 23.3. The number of amides is 1. The lowest BCUT2D eigenvalue weighted by atomic mass is 9.97. The second-order valence-electron chi connectivity index (χ2n) is 8.72. The highest BCUT2D eigenvalue weighted by Crippen LogP contribution is 2.29. The summed E-state index contributed by atoms with van der Waals surface area (Å²) in [6, 6.07) is 21.6. The molecule has 0 N–H and O–H groups in total. The maximum absolute atomic E-state index is 13.3. The number of rotatable bonds is 6. The average Bonchev–Trinajstić information content (AvgIpc) is 3.35. The monoisotopic (exact) mass is 471 g/mol. The van der Waals surface area contributed by atoms with Crippen LogP contribution in [0, 0.1) is 0 Å². The molecule has 5 rings (SSSR count). The first kappa shape index (κ1) is 22.4. The topological polar surface area (TPSA) is 59.2 Å². The van der Waals surface area contributed by atoms with Gasteiger partial charge >= 0.3 is 0 Å². The number of aromatic nitrogens is 2. The SMILES string of the molecule is O=C(c1ccnc(Cc2ccccc2)c1)N1CCC[C@@H](c2ncc(Cc3ccccc3Cl)o2)C1. The summed E-state index contributed by atoms with van der Waals surface area (Å²) in [6.07, 6.45) is 6.67. The Morgan fingerprint density at radius 2 is 1.85 bits per heavy atom. The van der Waals surface area contributed by atoms with E-state index in [1.54, 1.807) is 18.5 Å². The van der Waals surface area contributed by atoms with Crippen LogP contribution in [0.25, 0.3) is 0 Å². The van der Waals surface area contributed by atoms with E-state index in [0.29, 0.717) is 30.8 Å². The van der Waals surface area contributed by atoms with Crippen LogP contribution in [0.4, 0.5) is 0 Å². The number of carbonyl (C=O) groups is 1. The molecule has 2 aromatic carbocycles. The zero-order valence-corrected chi connectivity index (χ0v) is 19.6. The van der Waals surface area contributed by atoms with Crippen LogP contribution < -0.4 is 0 Å². The molecule has 1 aliphatic rings. The van der Waals surface area contributed by atoms with Gasteiger partial charge in [0.1, 0.15) is 5.76 Å². The van der Waals surface area contributed by atoms with E-state index in [1.807, 2.05) is 53.4 Å². The van der Waals surface area contributed by atoms with Crippen LogP contribution in [0.15, 0.2) is 83.5 Å². The second-order valence-corrected chi connectivity index (χ2v) is 9.13. The van der Waals surface area contributed by atoms with Crippen molar-refractivity contribution in [2.45, 2.75) is 31.6 Å². The Hall–Kier alpha value is -3.44. The average molecular weight is 472 g/mol. The van der Waals surface area contributed by atoms with E-state index in [4.69, 9.17) is 16.0 Å². The smallest absolute Gasteiger partial charge is 0.253 e.